The predicted molar refractivity (Wildman–Crippen MR) is 212 cm³/mol. The minimum absolute atomic E-state index is 0. The van der Waals surface area contributed by atoms with Crippen LogP contribution in [0.3, 0.4) is 0 Å². The third-order valence-electron chi connectivity index (χ3n) is 14.8. The van der Waals surface area contributed by atoms with E-state index in [2.05, 4.69) is 153 Å². The van der Waals surface area contributed by atoms with Crippen molar-refractivity contribution in [2.75, 3.05) is 0 Å². The SMILES string of the molecule is CC1=CC=CC2[CH-]C3(C)C4(C)C=CC=CC4(C)C4(C)C=CC=CC4(C)C3(C)C12C.Clc1cccc([C](=[Hf+2])c2cccc(Cl)c2)c1.[C-]1=CC=CC1.[Cl-].[Cl-]. The minimum atomic E-state index is 0. The molecule has 6 aliphatic rings. The summed E-state index contributed by atoms with van der Waals surface area (Å²) in [5.41, 5.74) is 4.10. The van der Waals surface area contributed by atoms with E-state index in [4.69, 9.17) is 23.2 Å². The molecular formula is C47H50Cl4Hf-2. The van der Waals surface area contributed by atoms with Crippen LogP contribution in [-0.2, 0) is 23.9 Å². The number of halogens is 4. The molecule has 0 bridgehead atoms. The Morgan fingerprint density at radius 3 is 1.67 bits per heavy atom. The van der Waals surface area contributed by atoms with Gasteiger partial charge in [-0.1, -0.05) is 115 Å². The summed E-state index contributed by atoms with van der Waals surface area (Å²) in [6.45, 7) is 20.3. The molecule has 0 N–H and O–H groups in total. The average molecular weight is 935 g/mol. The van der Waals surface area contributed by atoms with Gasteiger partial charge >= 0.3 is 120 Å². The van der Waals surface area contributed by atoms with E-state index < -0.39 is 0 Å². The van der Waals surface area contributed by atoms with Gasteiger partial charge in [0.15, 0.2) is 0 Å². The maximum atomic E-state index is 5.98. The molecule has 0 aliphatic heterocycles. The van der Waals surface area contributed by atoms with Crippen LogP contribution in [0.4, 0.5) is 0 Å². The van der Waals surface area contributed by atoms with E-state index in [0.29, 0.717) is 5.92 Å². The van der Waals surface area contributed by atoms with Gasteiger partial charge in [-0.2, -0.15) is 6.08 Å². The van der Waals surface area contributed by atoms with Gasteiger partial charge in [-0.25, -0.2) is 12.2 Å². The minimum Gasteiger partial charge on any atom is -1.00 e. The first-order chi connectivity index (χ1) is 23.6. The molecule has 0 radical (unpaired) electrons. The van der Waals surface area contributed by atoms with Crippen LogP contribution in [0.25, 0.3) is 0 Å². The number of fused-ring (bicyclic) bond motifs is 8. The summed E-state index contributed by atoms with van der Waals surface area (Å²) in [6.07, 6.45) is 39.3. The first-order valence-electron chi connectivity index (χ1n) is 17.8. The summed E-state index contributed by atoms with van der Waals surface area (Å²) in [4.78, 5) is 0. The first-order valence-corrected chi connectivity index (χ1v) is 20.4. The Kier molecular flexibility index (Phi) is 12.7. The number of rotatable bonds is 2. The fourth-order valence-corrected chi connectivity index (χ4v) is 12.5. The molecule has 52 heavy (non-hydrogen) atoms. The molecule has 8 atom stereocenters. The number of benzene rings is 2. The maximum Gasteiger partial charge on any atom is -0.109 e. The van der Waals surface area contributed by atoms with E-state index in [1.54, 1.807) is 0 Å². The molecule has 2 fully saturated rings. The van der Waals surface area contributed by atoms with Crippen LogP contribution in [0.2, 0.25) is 10.0 Å². The van der Waals surface area contributed by atoms with Crippen molar-refractivity contribution in [1.29, 1.82) is 0 Å². The topological polar surface area (TPSA) is 0 Å². The van der Waals surface area contributed by atoms with Gasteiger partial charge in [-0.3, -0.25) is 6.08 Å². The van der Waals surface area contributed by atoms with Gasteiger partial charge in [0.1, 0.15) is 0 Å². The van der Waals surface area contributed by atoms with Gasteiger partial charge < -0.3 is 31.2 Å². The van der Waals surface area contributed by atoms with Crippen molar-refractivity contribution >= 4 is 26.5 Å². The van der Waals surface area contributed by atoms with Crippen molar-refractivity contribution in [2.24, 2.45) is 43.8 Å². The van der Waals surface area contributed by atoms with E-state index in [1.165, 1.54) is 20.0 Å². The molecule has 0 amide bonds. The van der Waals surface area contributed by atoms with Crippen molar-refractivity contribution in [1.82, 2.24) is 0 Å². The van der Waals surface area contributed by atoms with E-state index in [0.717, 1.165) is 40.4 Å². The van der Waals surface area contributed by atoms with E-state index in [9.17, 15) is 0 Å². The Hall–Kier alpha value is -1.74. The van der Waals surface area contributed by atoms with Crippen LogP contribution in [-0.4, -0.2) is 3.26 Å². The zero-order valence-corrected chi connectivity index (χ0v) is 38.2. The smallest absolute Gasteiger partial charge is 0.109 e. The molecule has 0 saturated heterocycles. The van der Waals surface area contributed by atoms with Crippen molar-refractivity contribution in [3.63, 3.8) is 0 Å². The standard InChI is InChI=1S/C29H37.C13H8Cl2.C5H5.2ClH.Hf/c1-21-14-13-15-22-20-27(6)25(4)18-10-9-16-23(25,2)24(3)17-11-12-19-26(24,5)29(27,8)28(21,22)7;14-12-5-1-3-10(8-12)7-11-4-2-6-13(15)9-11;1-2-4-5-3-1;;;/h9-20,22H,1-8H3;1-6,8-9H;1-3H,4H2;2*1H;/q-1;;-1;;;+2/p-2. The molecule has 272 valence electrons. The zero-order chi connectivity index (χ0) is 36.2. The normalized spacial score (nSPS) is 37.8. The molecule has 0 nitrogen and oxygen atoms in total. The summed E-state index contributed by atoms with van der Waals surface area (Å²) in [7, 11) is 0. The molecule has 0 heterocycles. The molecule has 5 heteroatoms. The third-order valence-corrected chi connectivity index (χ3v) is 17.4. The Balaban J connectivity index is 0.000000221. The molecule has 6 aliphatic carbocycles. The van der Waals surface area contributed by atoms with Crippen LogP contribution in [0, 0.1) is 56.3 Å². The van der Waals surface area contributed by atoms with Gasteiger partial charge in [0.05, 0.1) is 0 Å². The van der Waals surface area contributed by atoms with Crippen molar-refractivity contribution in [2.45, 2.75) is 61.8 Å². The number of allylic oxidation sites excluding steroid dienone is 16. The van der Waals surface area contributed by atoms with E-state index in [-0.39, 0.29) is 62.7 Å². The van der Waals surface area contributed by atoms with Crippen molar-refractivity contribution < 1.29 is 48.7 Å². The third kappa shape index (κ3) is 5.89. The quantitative estimate of drug-likeness (QED) is 0.224. The largest absolute Gasteiger partial charge is 1.00 e. The summed E-state index contributed by atoms with van der Waals surface area (Å²) in [5, 5.41) is 1.54. The van der Waals surface area contributed by atoms with Crippen LogP contribution in [0.5, 0.6) is 0 Å². The average Bonchev–Trinajstić information content (AvgIpc) is 3.74. The van der Waals surface area contributed by atoms with Gasteiger partial charge in [-0.05, 0) is 28.6 Å². The second kappa shape index (κ2) is 15.4. The second-order valence-corrected chi connectivity index (χ2v) is 18.8. The summed E-state index contributed by atoms with van der Waals surface area (Å²) in [5.74, 6) is 0.460. The molecule has 0 aromatic heterocycles. The molecule has 2 aromatic rings. The van der Waals surface area contributed by atoms with Gasteiger partial charge in [0, 0.05) is 10.8 Å². The molecular weight excluding hydrogens is 885 g/mol. The molecule has 2 saturated carbocycles. The summed E-state index contributed by atoms with van der Waals surface area (Å²) in [6, 6.07) is 15.9. The number of hydrogen-bond acceptors (Lipinski definition) is 0. The summed E-state index contributed by atoms with van der Waals surface area (Å²) >= 11 is 12.9. The second-order valence-electron chi connectivity index (χ2n) is 16.1. The van der Waals surface area contributed by atoms with Gasteiger partial charge in [0.2, 0.25) is 0 Å². The molecule has 2 aromatic carbocycles. The van der Waals surface area contributed by atoms with Crippen molar-refractivity contribution in [3.05, 3.63) is 173 Å². The maximum absolute atomic E-state index is 5.98. The Labute approximate surface area is 350 Å². The Morgan fingerprint density at radius 2 is 1.21 bits per heavy atom. The predicted octanol–water partition coefficient (Wildman–Crippen LogP) is 7.07. The fraction of sp³-hybridized carbons (Fsp3) is 0.362. The van der Waals surface area contributed by atoms with Crippen molar-refractivity contribution in [3.8, 4) is 0 Å². The first kappa shape index (κ1) is 43.0. The molecule has 8 rings (SSSR count). The fourth-order valence-electron chi connectivity index (χ4n) is 11.0. The molecule has 8 unspecified atom stereocenters. The monoisotopic (exact) mass is 934 g/mol. The molecule has 0 spiro atoms. The Bertz CT molecular complexity index is 1890. The van der Waals surface area contributed by atoms with E-state index >= 15 is 0 Å². The van der Waals surface area contributed by atoms with E-state index in [1.807, 2.05) is 48.6 Å². The van der Waals surface area contributed by atoms with Crippen LogP contribution in [0.15, 0.2) is 139 Å². The Morgan fingerprint density at radius 1 is 0.712 bits per heavy atom. The zero-order valence-electron chi connectivity index (χ0n) is 31.6. The van der Waals surface area contributed by atoms with Crippen LogP contribution < -0.4 is 24.8 Å². The van der Waals surface area contributed by atoms with Gasteiger partial charge in [0.25, 0.3) is 0 Å². The van der Waals surface area contributed by atoms with Gasteiger partial charge in [-0.15, -0.1) is 23.8 Å². The van der Waals surface area contributed by atoms with Crippen LogP contribution in [0.1, 0.15) is 72.9 Å². The summed E-state index contributed by atoms with van der Waals surface area (Å²) < 4.78 is 1.31. The van der Waals surface area contributed by atoms with Crippen LogP contribution >= 0.6 is 23.2 Å². The number of hydrogen-bond donors (Lipinski definition) is 0.